The zero-order valence-corrected chi connectivity index (χ0v) is 35.4. The molecule has 1 aromatic carbocycles. The van der Waals surface area contributed by atoms with Crippen molar-refractivity contribution in [1.29, 1.82) is 0 Å². The average molecular weight is 776 g/mol. The third-order valence-electron chi connectivity index (χ3n) is 17.2. The van der Waals surface area contributed by atoms with Crippen molar-refractivity contribution in [3.63, 3.8) is 0 Å². The number of hydrogen-bond donors (Lipinski definition) is 1. The number of piperidine rings is 2. The van der Waals surface area contributed by atoms with Crippen LogP contribution in [0.1, 0.15) is 139 Å². The molecule has 8 heterocycles. The Morgan fingerprint density at radius 1 is 0.965 bits per heavy atom. The summed E-state index contributed by atoms with van der Waals surface area (Å²) >= 11 is 0. The summed E-state index contributed by atoms with van der Waals surface area (Å²) in [6, 6.07) is 6.85. The van der Waals surface area contributed by atoms with Gasteiger partial charge in [-0.05, 0) is 124 Å². The van der Waals surface area contributed by atoms with E-state index in [1.165, 1.54) is 56.5 Å². The number of ether oxygens (including phenoxy) is 2. The lowest BCUT2D eigenvalue weighted by Crippen LogP contribution is -2.75. The van der Waals surface area contributed by atoms with Crippen LogP contribution in [0.25, 0.3) is 0 Å². The van der Waals surface area contributed by atoms with E-state index in [9.17, 15) is 4.79 Å². The summed E-state index contributed by atoms with van der Waals surface area (Å²) in [5.41, 5.74) is 9.17. The molecule has 11 atom stereocenters. The van der Waals surface area contributed by atoms with E-state index in [1.54, 1.807) is 0 Å². The van der Waals surface area contributed by atoms with Gasteiger partial charge in [-0.25, -0.2) is 4.79 Å². The molecule has 2 spiro atoms. The molecule has 57 heavy (non-hydrogen) atoms. The Balaban J connectivity index is 1.19. The van der Waals surface area contributed by atoms with Crippen molar-refractivity contribution < 1.29 is 19.1 Å². The highest BCUT2D eigenvalue weighted by molar-refractivity contribution is 5.99. The predicted molar refractivity (Wildman–Crippen MR) is 224 cm³/mol. The highest BCUT2D eigenvalue weighted by atomic mass is 16.6. The van der Waals surface area contributed by atoms with E-state index < -0.39 is 16.4 Å². The number of rotatable bonds is 9. The number of hydrogen-bond acceptors (Lipinski definition) is 7. The molecule has 4 aliphatic carbocycles. The van der Waals surface area contributed by atoms with Gasteiger partial charge in [0.25, 0.3) is 0 Å². The molecule has 308 valence electrons. The first kappa shape index (κ1) is 38.3. The van der Waals surface area contributed by atoms with Gasteiger partial charge in [-0.3, -0.25) is 9.69 Å². The molecule has 8 bridgehead atoms. The van der Waals surface area contributed by atoms with Gasteiger partial charge in [-0.2, -0.15) is 0 Å². The van der Waals surface area contributed by atoms with E-state index in [2.05, 4.69) is 73.9 Å². The largest absolute Gasteiger partial charge is 0.449 e. The van der Waals surface area contributed by atoms with Gasteiger partial charge in [-0.1, -0.05) is 89.3 Å². The number of nitrogens with zero attached hydrogens (tertiary/aromatic N) is 2. The van der Waals surface area contributed by atoms with Gasteiger partial charge in [0.2, 0.25) is 0 Å². The molecule has 3 saturated heterocycles. The van der Waals surface area contributed by atoms with Crippen molar-refractivity contribution in [2.24, 2.45) is 63.9 Å². The molecule has 5 fully saturated rings. The van der Waals surface area contributed by atoms with Crippen molar-refractivity contribution >= 4 is 11.9 Å². The smallest absolute Gasteiger partial charge is 0.339 e. The highest BCUT2D eigenvalue weighted by Gasteiger charge is 2.91. The van der Waals surface area contributed by atoms with Crippen LogP contribution in [0.15, 0.2) is 53.5 Å². The van der Waals surface area contributed by atoms with Crippen molar-refractivity contribution in [2.45, 2.75) is 136 Å². The van der Waals surface area contributed by atoms with Crippen molar-refractivity contribution in [3.8, 4) is 0 Å². The van der Waals surface area contributed by atoms with E-state index in [0.29, 0.717) is 54.0 Å². The minimum absolute atomic E-state index is 0.0950. The molecule has 8 aliphatic heterocycles. The normalized spacial score (nSPS) is 40.7. The van der Waals surface area contributed by atoms with Crippen molar-refractivity contribution in [2.75, 3.05) is 32.7 Å². The lowest BCUT2D eigenvalue weighted by atomic mass is 9.31. The summed E-state index contributed by atoms with van der Waals surface area (Å²) in [5.74, 6) is 4.21. The zero-order chi connectivity index (χ0) is 39.3. The van der Waals surface area contributed by atoms with E-state index in [0.717, 1.165) is 99.7 Å². The number of carbonyl (C=O) groups is 2. The highest BCUT2D eigenvalue weighted by Crippen LogP contribution is 2.85. The molecule has 1 unspecified atom stereocenters. The molecular weight excluding hydrogens is 707 g/mol. The molecule has 7 heteroatoms. The zero-order valence-electron chi connectivity index (χ0n) is 35.4. The fourth-order valence-corrected chi connectivity index (χ4v) is 14.9. The molecule has 1 aromatic rings. The Morgan fingerprint density at radius 3 is 2.51 bits per heavy atom. The minimum Gasteiger partial charge on any atom is -0.449 e. The molecule has 7 nitrogen and oxygen atoms in total. The Morgan fingerprint density at radius 2 is 1.75 bits per heavy atom. The van der Waals surface area contributed by atoms with Crippen LogP contribution in [-0.4, -0.2) is 60.5 Å². The SMILES string of the molecule is CC(C)CC[C@H](C)C[C@@H]1[C@@]2(OC(=O)c3c(CCCN)cccc32)[C@@]23CCC4=C[C@@]12C(=O)O/C3=C\C[C@@H](C1CCCC1)N1C[C@@H]2C[C@@H](CN(C2)C2=CC[C@@H](C)C[C@@H]42)C1. The number of carbonyl (C=O) groups excluding carboxylic acids is 2. The molecule has 12 aliphatic rings. The van der Waals surface area contributed by atoms with Crippen LogP contribution in [0.4, 0.5) is 0 Å². The molecule has 13 rings (SSSR count). The second-order valence-corrected chi connectivity index (χ2v) is 21.1. The van der Waals surface area contributed by atoms with Crippen LogP contribution in [-0.2, 0) is 26.3 Å². The lowest BCUT2D eigenvalue weighted by Gasteiger charge is -2.69. The lowest BCUT2D eigenvalue weighted by molar-refractivity contribution is -0.274. The Bertz CT molecular complexity index is 1860. The van der Waals surface area contributed by atoms with Crippen LogP contribution in [0.2, 0.25) is 0 Å². The molecule has 2 N–H and O–H groups in total. The van der Waals surface area contributed by atoms with Crippen LogP contribution >= 0.6 is 0 Å². The average Bonchev–Trinajstić information content (AvgIpc) is 3.89. The van der Waals surface area contributed by atoms with Crippen molar-refractivity contribution in [1.82, 2.24) is 9.80 Å². The van der Waals surface area contributed by atoms with E-state index >= 15 is 4.79 Å². The number of esters is 2. The first-order valence-corrected chi connectivity index (χ1v) is 23.5. The maximum atomic E-state index is 15.4. The van der Waals surface area contributed by atoms with Gasteiger partial charge in [0.15, 0.2) is 5.60 Å². The maximum Gasteiger partial charge on any atom is 0.339 e. The number of fused-ring (bicyclic) bond motifs is 2. The molecule has 0 aromatic heterocycles. The van der Waals surface area contributed by atoms with Crippen LogP contribution < -0.4 is 5.73 Å². The number of nitrogens with two attached hydrogens (primary N) is 1. The standard InChI is InChI=1S/C50H69N3O4/c1-31(2)14-15-33(4)24-43-48-26-38-20-21-49(48,50(43)40-13-7-11-37(12-8-22-51)45(40)46(54)57-50)44(56-47(48)55)19-18-41(36-9-5-6-10-36)52-27-34-25-35(28-52)30-53(29-34)42-17-16-32(3)23-39(38)42/h7,11,13,17,19,26,31-36,39,41,43H,5-6,8-10,12,14-16,18,20-25,27-30,51H2,1-4H3/b44-19-/t32-,33+,34-,35+,39+,41+,43+,48+,49-,50-/m1/s1. The topological polar surface area (TPSA) is 85.1 Å². The first-order chi connectivity index (χ1) is 27.6. The maximum absolute atomic E-state index is 15.4. The second kappa shape index (κ2) is 14.4. The van der Waals surface area contributed by atoms with Gasteiger partial charge < -0.3 is 20.1 Å². The summed E-state index contributed by atoms with van der Waals surface area (Å²) in [4.78, 5) is 35.8. The van der Waals surface area contributed by atoms with Gasteiger partial charge in [-0.15, -0.1) is 0 Å². The van der Waals surface area contributed by atoms with Crippen LogP contribution in [0.3, 0.4) is 0 Å². The Labute approximate surface area is 342 Å². The fraction of sp³-hybridized carbons (Fsp3) is 0.720. The molecule has 0 radical (unpaired) electrons. The summed E-state index contributed by atoms with van der Waals surface area (Å²) in [7, 11) is 0. The quantitative estimate of drug-likeness (QED) is 0.198. The van der Waals surface area contributed by atoms with Crippen LogP contribution in [0.5, 0.6) is 0 Å². The molecule has 2 saturated carbocycles. The number of aryl methyl sites for hydroxylation is 1. The molecular formula is C50H69N3O4. The number of benzene rings is 1. The predicted octanol–water partition coefficient (Wildman–Crippen LogP) is 9.32. The number of allylic oxidation sites excluding steroid dienone is 2. The van der Waals surface area contributed by atoms with Crippen molar-refractivity contribution in [3.05, 3.63) is 70.1 Å². The van der Waals surface area contributed by atoms with Gasteiger partial charge in [0.1, 0.15) is 11.2 Å². The van der Waals surface area contributed by atoms with E-state index in [4.69, 9.17) is 15.2 Å². The Hall–Kier alpha value is -2.90. The summed E-state index contributed by atoms with van der Waals surface area (Å²) < 4.78 is 14.0. The third kappa shape index (κ3) is 5.62. The minimum atomic E-state index is -0.957. The van der Waals surface area contributed by atoms with Crippen LogP contribution in [0, 0.1) is 58.2 Å². The van der Waals surface area contributed by atoms with E-state index in [-0.39, 0.29) is 17.9 Å². The second-order valence-electron chi connectivity index (χ2n) is 21.1. The summed E-state index contributed by atoms with van der Waals surface area (Å²) in [6.45, 7) is 14.6. The summed E-state index contributed by atoms with van der Waals surface area (Å²) in [6.07, 6.45) is 23.4. The Kier molecular flexibility index (Phi) is 9.67. The third-order valence-corrected chi connectivity index (χ3v) is 17.2. The summed E-state index contributed by atoms with van der Waals surface area (Å²) in [5, 5.41) is 0. The fourth-order valence-electron chi connectivity index (χ4n) is 14.9. The van der Waals surface area contributed by atoms with E-state index in [1.807, 2.05) is 0 Å². The van der Waals surface area contributed by atoms with Gasteiger partial charge in [0, 0.05) is 55.3 Å². The first-order valence-electron chi connectivity index (χ1n) is 23.5. The van der Waals surface area contributed by atoms with Gasteiger partial charge in [0.05, 0.1) is 11.0 Å². The monoisotopic (exact) mass is 776 g/mol. The van der Waals surface area contributed by atoms with Gasteiger partial charge >= 0.3 is 11.9 Å². The molecule has 0 amide bonds.